The minimum atomic E-state index is -2.00. The van der Waals surface area contributed by atoms with Gasteiger partial charge in [0.15, 0.2) is 11.1 Å². The molecule has 1 aromatic rings. The molecule has 21 heavy (non-hydrogen) atoms. The van der Waals surface area contributed by atoms with Crippen LogP contribution in [0.4, 0.5) is 4.39 Å². The van der Waals surface area contributed by atoms with Gasteiger partial charge in [0, 0.05) is 5.56 Å². The third-order valence-electron chi connectivity index (χ3n) is 4.79. The van der Waals surface area contributed by atoms with Gasteiger partial charge in [0.2, 0.25) is 0 Å². The molecule has 114 valence electrons. The Hall–Kier alpha value is -1.00. The number of halogens is 1. The lowest BCUT2D eigenvalue weighted by molar-refractivity contribution is 0.559. The Balaban J connectivity index is 1.90. The van der Waals surface area contributed by atoms with Gasteiger partial charge in [0.1, 0.15) is 5.82 Å². The SMILES string of the molecule is O=S(O)Cc1ccc(C2=C(C3CCCC3)CCC2)cc1F. The average molecular weight is 308 g/mol. The van der Waals surface area contributed by atoms with E-state index in [0.717, 1.165) is 18.4 Å². The van der Waals surface area contributed by atoms with Crippen LogP contribution in [0.1, 0.15) is 56.1 Å². The molecule has 0 aliphatic heterocycles. The third-order valence-corrected chi connectivity index (χ3v) is 5.35. The molecule has 0 bridgehead atoms. The molecule has 4 heteroatoms. The number of hydrogen-bond acceptors (Lipinski definition) is 1. The second-order valence-corrected chi connectivity index (χ2v) is 7.04. The third kappa shape index (κ3) is 3.27. The molecule has 0 amide bonds. The van der Waals surface area contributed by atoms with Gasteiger partial charge < -0.3 is 4.55 Å². The van der Waals surface area contributed by atoms with Gasteiger partial charge in [-0.05, 0) is 55.2 Å². The minimum Gasteiger partial charge on any atom is -0.306 e. The zero-order chi connectivity index (χ0) is 14.8. The molecule has 2 aliphatic rings. The van der Waals surface area contributed by atoms with E-state index in [2.05, 4.69) is 0 Å². The standard InChI is InChI=1S/C17H21FO2S/c18-17-10-13(8-9-14(17)11-21(19)20)16-7-3-6-15(16)12-4-1-2-5-12/h8-10,12H,1-7,11H2,(H,19,20). The molecule has 3 rings (SSSR count). The van der Waals surface area contributed by atoms with Crippen LogP contribution >= 0.6 is 0 Å². The summed E-state index contributed by atoms with van der Waals surface area (Å²) in [6, 6.07) is 5.13. The highest BCUT2D eigenvalue weighted by molar-refractivity contribution is 7.78. The maximum absolute atomic E-state index is 14.1. The van der Waals surface area contributed by atoms with Gasteiger partial charge in [-0.1, -0.05) is 30.5 Å². The predicted molar refractivity (Wildman–Crippen MR) is 83.6 cm³/mol. The first-order valence-electron chi connectivity index (χ1n) is 7.73. The summed E-state index contributed by atoms with van der Waals surface area (Å²) in [7, 11) is 0. The van der Waals surface area contributed by atoms with Crippen LogP contribution in [0.3, 0.4) is 0 Å². The molecule has 1 saturated carbocycles. The second-order valence-electron chi connectivity index (χ2n) is 6.11. The first-order chi connectivity index (χ1) is 10.1. The van der Waals surface area contributed by atoms with Crippen molar-refractivity contribution in [1.29, 1.82) is 0 Å². The van der Waals surface area contributed by atoms with Crippen molar-refractivity contribution in [3.63, 3.8) is 0 Å². The summed E-state index contributed by atoms with van der Waals surface area (Å²) >= 11 is -2.00. The van der Waals surface area contributed by atoms with Crippen LogP contribution in [-0.2, 0) is 16.8 Å². The van der Waals surface area contributed by atoms with E-state index in [1.54, 1.807) is 17.7 Å². The van der Waals surface area contributed by atoms with Crippen molar-refractivity contribution in [2.75, 3.05) is 0 Å². The van der Waals surface area contributed by atoms with Crippen molar-refractivity contribution in [3.05, 3.63) is 40.7 Å². The monoisotopic (exact) mass is 308 g/mol. The van der Waals surface area contributed by atoms with E-state index in [0.29, 0.717) is 11.5 Å². The quantitative estimate of drug-likeness (QED) is 0.820. The lowest BCUT2D eigenvalue weighted by Gasteiger charge is -2.15. The molecule has 0 heterocycles. The van der Waals surface area contributed by atoms with Crippen molar-refractivity contribution < 1.29 is 13.2 Å². The maximum atomic E-state index is 14.1. The van der Waals surface area contributed by atoms with E-state index in [-0.39, 0.29) is 11.6 Å². The summed E-state index contributed by atoms with van der Waals surface area (Å²) < 4.78 is 33.8. The molecule has 1 N–H and O–H groups in total. The predicted octanol–water partition coefficient (Wildman–Crippen LogP) is 4.68. The Morgan fingerprint density at radius 1 is 1.19 bits per heavy atom. The van der Waals surface area contributed by atoms with Gasteiger partial charge in [0.25, 0.3) is 0 Å². The second kappa shape index (κ2) is 6.41. The van der Waals surface area contributed by atoms with Gasteiger partial charge in [0.05, 0.1) is 5.75 Å². The largest absolute Gasteiger partial charge is 0.306 e. The van der Waals surface area contributed by atoms with E-state index >= 15 is 0 Å². The van der Waals surface area contributed by atoms with Crippen LogP contribution in [-0.4, -0.2) is 8.76 Å². The summed E-state index contributed by atoms with van der Waals surface area (Å²) in [6.45, 7) is 0. The normalized spacial score (nSPS) is 21.2. The zero-order valence-corrected chi connectivity index (χ0v) is 12.9. The highest BCUT2D eigenvalue weighted by Gasteiger charge is 2.26. The molecule has 0 aromatic heterocycles. The highest BCUT2D eigenvalue weighted by atomic mass is 32.2. The molecule has 2 nitrogen and oxygen atoms in total. The van der Waals surface area contributed by atoms with E-state index in [9.17, 15) is 8.60 Å². The Bertz CT molecular complexity index is 588. The van der Waals surface area contributed by atoms with E-state index in [1.165, 1.54) is 37.7 Å². The summed E-state index contributed by atoms with van der Waals surface area (Å²) in [4.78, 5) is 0. The van der Waals surface area contributed by atoms with Gasteiger partial charge >= 0.3 is 0 Å². The van der Waals surface area contributed by atoms with Gasteiger partial charge in [-0.2, -0.15) is 0 Å². The van der Waals surface area contributed by atoms with Crippen LogP contribution in [0.5, 0.6) is 0 Å². The Morgan fingerprint density at radius 3 is 2.62 bits per heavy atom. The van der Waals surface area contributed by atoms with Crippen molar-refractivity contribution in [2.45, 2.75) is 50.7 Å². The van der Waals surface area contributed by atoms with E-state index in [1.807, 2.05) is 6.07 Å². The molecule has 0 radical (unpaired) electrons. The molecule has 1 fully saturated rings. The van der Waals surface area contributed by atoms with Crippen LogP contribution < -0.4 is 0 Å². The van der Waals surface area contributed by atoms with Crippen LogP contribution in [0, 0.1) is 11.7 Å². The van der Waals surface area contributed by atoms with Crippen LogP contribution in [0.15, 0.2) is 23.8 Å². The molecular weight excluding hydrogens is 287 g/mol. The summed E-state index contributed by atoms with van der Waals surface area (Å²) in [5, 5.41) is 0. The van der Waals surface area contributed by atoms with E-state index < -0.39 is 11.1 Å². The minimum absolute atomic E-state index is 0.138. The van der Waals surface area contributed by atoms with Crippen molar-refractivity contribution in [2.24, 2.45) is 5.92 Å². The molecule has 0 spiro atoms. The lowest BCUT2D eigenvalue weighted by atomic mass is 9.91. The Labute approximate surface area is 127 Å². The summed E-state index contributed by atoms with van der Waals surface area (Å²) in [5.41, 5.74) is 4.17. The Morgan fingerprint density at radius 2 is 1.95 bits per heavy atom. The number of allylic oxidation sites excluding steroid dienone is 2. The Kier molecular flexibility index (Phi) is 4.55. The fourth-order valence-electron chi connectivity index (χ4n) is 3.81. The van der Waals surface area contributed by atoms with Crippen molar-refractivity contribution >= 4 is 16.7 Å². The molecule has 1 unspecified atom stereocenters. The van der Waals surface area contributed by atoms with Gasteiger partial charge in [-0.3, -0.25) is 0 Å². The highest BCUT2D eigenvalue weighted by Crippen LogP contribution is 2.43. The topological polar surface area (TPSA) is 37.3 Å². The molecule has 0 saturated heterocycles. The maximum Gasteiger partial charge on any atom is 0.157 e. The average Bonchev–Trinajstić information content (AvgIpc) is 3.09. The van der Waals surface area contributed by atoms with Gasteiger partial charge in [-0.25, -0.2) is 8.60 Å². The van der Waals surface area contributed by atoms with Crippen LogP contribution in [0.25, 0.3) is 5.57 Å². The molecule has 1 atom stereocenters. The van der Waals surface area contributed by atoms with E-state index in [4.69, 9.17) is 4.55 Å². The van der Waals surface area contributed by atoms with Crippen LogP contribution in [0.2, 0.25) is 0 Å². The first kappa shape index (κ1) is 14.9. The number of hydrogen-bond donors (Lipinski definition) is 1. The lowest BCUT2D eigenvalue weighted by Crippen LogP contribution is -2.00. The fraction of sp³-hybridized carbons (Fsp3) is 0.529. The molecular formula is C17H21FO2S. The van der Waals surface area contributed by atoms with Crippen molar-refractivity contribution in [3.8, 4) is 0 Å². The molecule has 1 aromatic carbocycles. The fourth-order valence-corrected chi connectivity index (χ4v) is 4.31. The zero-order valence-electron chi connectivity index (χ0n) is 12.1. The summed E-state index contributed by atoms with van der Waals surface area (Å²) in [5.74, 6) is 0.205. The van der Waals surface area contributed by atoms with Gasteiger partial charge in [-0.15, -0.1) is 0 Å². The summed E-state index contributed by atoms with van der Waals surface area (Å²) in [6.07, 6.45) is 8.56. The first-order valence-corrected chi connectivity index (χ1v) is 9.01. The number of benzene rings is 1. The van der Waals surface area contributed by atoms with Crippen molar-refractivity contribution in [1.82, 2.24) is 0 Å². The smallest absolute Gasteiger partial charge is 0.157 e. The number of rotatable bonds is 4. The molecule has 2 aliphatic carbocycles.